The first-order chi connectivity index (χ1) is 12.6. The van der Waals surface area contributed by atoms with E-state index in [1.54, 1.807) is 29.2 Å². The maximum absolute atomic E-state index is 13.1. The molecule has 3 rings (SSSR count). The summed E-state index contributed by atoms with van der Waals surface area (Å²) in [4.78, 5) is 20.0. The van der Waals surface area contributed by atoms with E-state index in [2.05, 4.69) is 31.0 Å². The molecule has 134 valence electrons. The number of aromatic nitrogens is 4. The Hall–Kier alpha value is -3.20. The standard InChI is InChI=1S/C16H15ClFN7O/c17-12-8-11(2-3-13(12)18)24-16(26)20-6-5-19-14-9-15(22-10-21-14)25-7-1-4-23-25/h1-4,7-10H,5-6H2,(H,19,21,22)(H2,20,24,26). The second kappa shape index (κ2) is 8.26. The van der Waals surface area contributed by atoms with Crippen LogP contribution in [0, 0.1) is 5.82 Å². The van der Waals surface area contributed by atoms with Crippen LogP contribution in [-0.2, 0) is 0 Å². The zero-order valence-electron chi connectivity index (χ0n) is 13.5. The largest absolute Gasteiger partial charge is 0.368 e. The number of urea groups is 1. The lowest BCUT2D eigenvalue weighted by molar-refractivity contribution is 0.252. The van der Waals surface area contributed by atoms with E-state index in [0.717, 1.165) is 0 Å². The molecule has 0 unspecified atom stereocenters. The second-order valence-corrected chi connectivity index (χ2v) is 5.56. The molecular formula is C16H15ClFN7O. The minimum absolute atomic E-state index is 0.0544. The van der Waals surface area contributed by atoms with Gasteiger partial charge in [-0.15, -0.1) is 0 Å². The number of carbonyl (C=O) groups excluding carboxylic acids is 1. The molecule has 0 saturated carbocycles. The number of nitrogens with one attached hydrogen (secondary N) is 3. The minimum Gasteiger partial charge on any atom is -0.368 e. The molecule has 0 aliphatic rings. The van der Waals surface area contributed by atoms with Gasteiger partial charge in [0.1, 0.15) is 18.0 Å². The summed E-state index contributed by atoms with van der Waals surface area (Å²) in [6, 6.07) is 7.07. The second-order valence-electron chi connectivity index (χ2n) is 5.15. The summed E-state index contributed by atoms with van der Waals surface area (Å²) in [5, 5.41) is 12.4. The van der Waals surface area contributed by atoms with Crippen molar-refractivity contribution >= 4 is 29.1 Å². The number of anilines is 2. The van der Waals surface area contributed by atoms with Gasteiger partial charge in [-0.05, 0) is 24.3 Å². The number of carbonyl (C=O) groups is 1. The predicted octanol–water partition coefficient (Wildman–Crippen LogP) is 2.69. The van der Waals surface area contributed by atoms with Crippen LogP contribution in [0.3, 0.4) is 0 Å². The number of benzene rings is 1. The molecule has 0 aliphatic carbocycles. The van der Waals surface area contributed by atoms with Crippen molar-refractivity contribution in [1.29, 1.82) is 0 Å². The van der Waals surface area contributed by atoms with E-state index in [1.807, 2.05) is 0 Å². The van der Waals surface area contributed by atoms with Crippen LogP contribution in [0.1, 0.15) is 0 Å². The molecule has 2 amide bonds. The third kappa shape index (κ3) is 4.67. The molecule has 2 aromatic heterocycles. The molecule has 0 fully saturated rings. The van der Waals surface area contributed by atoms with Crippen molar-refractivity contribution in [1.82, 2.24) is 25.1 Å². The number of hydrogen-bond donors (Lipinski definition) is 3. The predicted molar refractivity (Wildman–Crippen MR) is 96.1 cm³/mol. The van der Waals surface area contributed by atoms with E-state index in [9.17, 15) is 9.18 Å². The van der Waals surface area contributed by atoms with Gasteiger partial charge >= 0.3 is 6.03 Å². The number of amides is 2. The number of halogens is 2. The Morgan fingerprint density at radius 2 is 2.12 bits per heavy atom. The molecule has 2 heterocycles. The SMILES string of the molecule is O=C(NCCNc1cc(-n2cccn2)ncn1)Nc1ccc(F)c(Cl)c1. The molecule has 0 bridgehead atoms. The summed E-state index contributed by atoms with van der Waals surface area (Å²) in [6.45, 7) is 0.801. The Kier molecular flexibility index (Phi) is 5.59. The average molecular weight is 376 g/mol. The Morgan fingerprint density at radius 1 is 1.23 bits per heavy atom. The first-order valence-electron chi connectivity index (χ1n) is 7.67. The zero-order valence-corrected chi connectivity index (χ0v) is 14.2. The molecular weight excluding hydrogens is 361 g/mol. The van der Waals surface area contributed by atoms with Crippen molar-refractivity contribution in [3.05, 3.63) is 59.9 Å². The van der Waals surface area contributed by atoms with Crippen LogP contribution >= 0.6 is 11.6 Å². The van der Waals surface area contributed by atoms with Crippen molar-refractivity contribution in [3.63, 3.8) is 0 Å². The molecule has 0 aliphatic heterocycles. The van der Waals surface area contributed by atoms with E-state index in [4.69, 9.17) is 11.6 Å². The normalized spacial score (nSPS) is 10.4. The minimum atomic E-state index is -0.541. The van der Waals surface area contributed by atoms with Crippen molar-refractivity contribution in [2.45, 2.75) is 0 Å². The number of hydrogen-bond acceptors (Lipinski definition) is 5. The quantitative estimate of drug-likeness (QED) is 0.575. The van der Waals surface area contributed by atoms with Gasteiger partial charge in [-0.25, -0.2) is 23.8 Å². The smallest absolute Gasteiger partial charge is 0.319 e. The third-order valence-corrected chi connectivity index (χ3v) is 3.58. The molecule has 10 heteroatoms. The summed E-state index contributed by atoms with van der Waals surface area (Å²) in [5.74, 6) is 0.700. The van der Waals surface area contributed by atoms with E-state index < -0.39 is 11.8 Å². The van der Waals surface area contributed by atoms with Crippen LogP contribution in [0.25, 0.3) is 5.82 Å². The molecule has 8 nitrogen and oxygen atoms in total. The van der Waals surface area contributed by atoms with Crippen molar-refractivity contribution in [2.75, 3.05) is 23.7 Å². The van der Waals surface area contributed by atoms with E-state index >= 15 is 0 Å². The maximum Gasteiger partial charge on any atom is 0.319 e. The number of rotatable bonds is 6. The fourth-order valence-electron chi connectivity index (χ4n) is 2.09. The van der Waals surface area contributed by atoms with E-state index in [-0.39, 0.29) is 5.02 Å². The Bertz CT molecular complexity index is 888. The van der Waals surface area contributed by atoms with Crippen LogP contribution in [0.4, 0.5) is 20.7 Å². The Balaban J connectivity index is 1.44. The average Bonchev–Trinajstić information content (AvgIpc) is 3.17. The van der Waals surface area contributed by atoms with Crippen molar-refractivity contribution in [3.8, 4) is 5.82 Å². The van der Waals surface area contributed by atoms with Crippen molar-refractivity contribution < 1.29 is 9.18 Å². The third-order valence-electron chi connectivity index (χ3n) is 3.29. The fraction of sp³-hybridized carbons (Fsp3) is 0.125. The first kappa shape index (κ1) is 17.6. The van der Waals surface area contributed by atoms with Crippen LogP contribution in [0.2, 0.25) is 5.02 Å². The highest BCUT2D eigenvalue weighted by atomic mass is 35.5. The number of nitrogens with zero attached hydrogens (tertiary/aromatic N) is 4. The summed E-state index contributed by atoms with van der Waals surface area (Å²) >= 11 is 5.67. The highest BCUT2D eigenvalue weighted by Crippen LogP contribution is 2.19. The van der Waals surface area contributed by atoms with Gasteiger partial charge in [0.2, 0.25) is 0 Å². The summed E-state index contributed by atoms with van der Waals surface area (Å²) in [6.07, 6.45) is 4.86. The van der Waals surface area contributed by atoms with Crippen molar-refractivity contribution in [2.24, 2.45) is 0 Å². The highest BCUT2D eigenvalue weighted by molar-refractivity contribution is 6.31. The lowest BCUT2D eigenvalue weighted by Gasteiger charge is -2.10. The van der Waals surface area contributed by atoms with Crippen LogP contribution in [0.5, 0.6) is 0 Å². The van der Waals surface area contributed by atoms with E-state index in [1.165, 1.54) is 24.5 Å². The van der Waals surface area contributed by atoms with Gasteiger partial charge < -0.3 is 16.0 Å². The summed E-state index contributed by atoms with van der Waals surface area (Å²) < 4.78 is 14.7. The molecule has 0 radical (unpaired) electrons. The summed E-state index contributed by atoms with van der Waals surface area (Å²) in [7, 11) is 0. The Morgan fingerprint density at radius 3 is 2.88 bits per heavy atom. The highest BCUT2D eigenvalue weighted by Gasteiger charge is 2.05. The van der Waals surface area contributed by atoms with Crippen LogP contribution < -0.4 is 16.0 Å². The first-order valence-corrected chi connectivity index (χ1v) is 8.05. The van der Waals surface area contributed by atoms with Gasteiger partial charge in [-0.3, -0.25) is 0 Å². The molecule has 26 heavy (non-hydrogen) atoms. The van der Waals surface area contributed by atoms with Gasteiger partial charge in [0.05, 0.1) is 5.02 Å². The maximum atomic E-state index is 13.1. The van der Waals surface area contributed by atoms with Gasteiger partial charge in [-0.2, -0.15) is 5.10 Å². The van der Waals surface area contributed by atoms with Gasteiger partial charge in [0.15, 0.2) is 5.82 Å². The molecule has 3 aromatic rings. The van der Waals surface area contributed by atoms with E-state index in [0.29, 0.717) is 30.4 Å². The van der Waals surface area contributed by atoms with Crippen LogP contribution in [-0.4, -0.2) is 38.9 Å². The lowest BCUT2D eigenvalue weighted by atomic mass is 10.3. The fourth-order valence-corrected chi connectivity index (χ4v) is 2.27. The molecule has 0 saturated heterocycles. The molecule has 1 aromatic carbocycles. The van der Waals surface area contributed by atoms with Gasteiger partial charge in [-0.1, -0.05) is 11.6 Å². The lowest BCUT2D eigenvalue weighted by Crippen LogP contribution is -2.32. The molecule has 0 spiro atoms. The zero-order chi connectivity index (χ0) is 18.4. The Labute approximate surface area is 153 Å². The van der Waals surface area contributed by atoms with Gasteiger partial charge in [0.25, 0.3) is 0 Å². The summed E-state index contributed by atoms with van der Waals surface area (Å²) in [5.41, 5.74) is 0.404. The monoisotopic (exact) mass is 375 g/mol. The van der Waals surface area contributed by atoms with Crippen LogP contribution in [0.15, 0.2) is 49.1 Å². The topological polar surface area (TPSA) is 96.8 Å². The molecule has 0 atom stereocenters. The molecule has 3 N–H and O–H groups in total. The van der Waals surface area contributed by atoms with Gasteiger partial charge in [0, 0.05) is 37.2 Å².